The molecule has 0 aliphatic carbocycles. The number of rotatable bonds is 6. The van der Waals surface area contributed by atoms with Crippen molar-refractivity contribution in [2.45, 2.75) is 19.6 Å². The van der Waals surface area contributed by atoms with Crippen molar-refractivity contribution in [1.82, 2.24) is 10.2 Å². The van der Waals surface area contributed by atoms with Gasteiger partial charge in [0.2, 0.25) is 10.0 Å². The highest BCUT2D eigenvalue weighted by atomic mass is 32.2. The Bertz CT molecular complexity index is 658. The van der Waals surface area contributed by atoms with Crippen LogP contribution in [0.25, 0.3) is 0 Å². The van der Waals surface area contributed by atoms with Crippen molar-refractivity contribution in [3.63, 3.8) is 0 Å². The summed E-state index contributed by atoms with van der Waals surface area (Å²) >= 11 is 0. The molecule has 0 aromatic heterocycles. The van der Waals surface area contributed by atoms with Crippen molar-refractivity contribution in [3.05, 3.63) is 35.4 Å². The molecule has 0 radical (unpaired) electrons. The molecule has 0 fully saturated rings. The fourth-order valence-corrected chi connectivity index (χ4v) is 2.24. The summed E-state index contributed by atoms with van der Waals surface area (Å²) in [6, 6.07) is 4.84. The first-order chi connectivity index (χ1) is 11.0. The van der Waals surface area contributed by atoms with Gasteiger partial charge in [0.05, 0.1) is 17.9 Å². The van der Waals surface area contributed by atoms with Gasteiger partial charge >= 0.3 is 6.18 Å². The molecule has 1 aromatic rings. The van der Waals surface area contributed by atoms with Crippen LogP contribution in [-0.4, -0.2) is 45.2 Å². The van der Waals surface area contributed by atoms with E-state index in [9.17, 15) is 21.6 Å². The Morgan fingerprint density at radius 1 is 1.29 bits per heavy atom. The van der Waals surface area contributed by atoms with E-state index in [1.807, 2.05) is 6.92 Å². The van der Waals surface area contributed by atoms with Crippen molar-refractivity contribution in [2.24, 2.45) is 10.1 Å². The van der Waals surface area contributed by atoms with E-state index in [2.05, 4.69) is 10.3 Å². The zero-order valence-corrected chi connectivity index (χ0v) is 14.3. The molecule has 0 atom stereocenters. The third kappa shape index (κ3) is 7.18. The second-order valence-corrected chi connectivity index (χ2v) is 6.89. The second kappa shape index (κ2) is 8.34. The third-order valence-electron chi connectivity index (χ3n) is 3.03. The normalized spacial score (nSPS) is 13.0. The van der Waals surface area contributed by atoms with Crippen LogP contribution in [0.4, 0.5) is 13.2 Å². The SMILES string of the molecule is CCNC(=NCCS(N)(=O)=O)N(C)Cc1ccc(C(F)(F)F)cc1. The highest BCUT2D eigenvalue weighted by molar-refractivity contribution is 7.89. The molecular formula is C14H21F3N4O2S. The molecule has 3 N–H and O–H groups in total. The van der Waals surface area contributed by atoms with Crippen molar-refractivity contribution in [1.29, 1.82) is 0 Å². The summed E-state index contributed by atoms with van der Waals surface area (Å²) in [5.41, 5.74) is -0.0369. The van der Waals surface area contributed by atoms with Gasteiger partial charge in [-0.1, -0.05) is 12.1 Å². The summed E-state index contributed by atoms with van der Waals surface area (Å²) < 4.78 is 59.5. The lowest BCUT2D eigenvalue weighted by Gasteiger charge is -2.22. The Labute approximate surface area is 139 Å². The number of sulfonamides is 1. The zero-order valence-electron chi connectivity index (χ0n) is 13.5. The van der Waals surface area contributed by atoms with E-state index < -0.39 is 21.8 Å². The molecule has 0 heterocycles. The van der Waals surface area contributed by atoms with Crippen LogP contribution in [0.15, 0.2) is 29.3 Å². The highest BCUT2D eigenvalue weighted by Gasteiger charge is 2.29. The monoisotopic (exact) mass is 366 g/mol. The zero-order chi connectivity index (χ0) is 18.4. The van der Waals surface area contributed by atoms with Crippen LogP contribution in [0.5, 0.6) is 0 Å². The lowest BCUT2D eigenvalue weighted by molar-refractivity contribution is -0.137. The molecule has 0 bridgehead atoms. The van der Waals surface area contributed by atoms with Gasteiger partial charge in [-0.3, -0.25) is 4.99 Å². The van der Waals surface area contributed by atoms with E-state index in [1.165, 1.54) is 12.1 Å². The summed E-state index contributed by atoms with van der Waals surface area (Å²) in [4.78, 5) is 5.83. The number of benzene rings is 1. The van der Waals surface area contributed by atoms with Gasteiger partial charge in [0.15, 0.2) is 5.96 Å². The summed E-state index contributed by atoms with van der Waals surface area (Å²) in [6.45, 7) is 2.73. The van der Waals surface area contributed by atoms with Crippen molar-refractivity contribution in [3.8, 4) is 0 Å². The van der Waals surface area contributed by atoms with E-state index in [-0.39, 0.29) is 12.3 Å². The quantitative estimate of drug-likeness (QED) is 0.588. The number of hydrogen-bond donors (Lipinski definition) is 2. The molecule has 0 aliphatic heterocycles. The number of nitrogens with zero attached hydrogens (tertiary/aromatic N) is 2. The Morgan fingerprint density at radius 2 is 1.88 bits per heavy atom. The fraction of sp³-hybridized carbons (Fsp3) is 0.500. The lowest BCUT2D eigenvalue weighted by atomic mass is 10.1. The van der Waals surface area contributed by atoms with E-state index >= 15 is 0 Å². The van der Waals surface area contributed by atoms with Crippen molar-refractivity contribution < 1.29 is 21.6 Å². The summed E-state index contributed by atoms with van der Waals surface area (Å²) in [5.74, 6) is 0.164. The molecule has 10 heteroatoms. The number of alkyl halides is 3. The van der Waals surface area contributed by atoms with Gasteiger partial charge in [0.1, 0.15) is 0 Å². The minimum atomic E-state index is -4.37. The average molecular weight is 366 g/mol. The van der Waals surface area contributed by atoms with Crippen LogP contribution in [0, 0.1) is 0 Å². The van der Waals surface area contributed by atoms with E-state index in [4.69, 9.17) is 5.14 Å². The maximum absolute atomic E-state index is 12.5. The predicted octanol–water partition coefficient (Wildman–Crippen LogP) is 1.39. The number of hydrogen-bond acceptors (Lipinski definition) is 3. The summed E-state index contributed by atoms with van der Waals surface area (Å²) in [6.07, 6.45) is -4.37. The van der Waals surface area contributed by atoms with Crippen LogP contribution in [0.3, 0.4) is 0 Å². The number of primary sulfonamides is 1. The van der Waals surface area contributed by atoms with Gasteiger partial charge in [-0.15, -0.1) is 0 Å². The number of nitrogens with one attached hydrogen (secondary N) is 1. The van der Waals surface area contributed by atoms with Crippen LogP contribution in [-0.2, 0) is 22.7 Å². The molecule has 0 aliphatic rings. The third-order valence-corrected chi connectivity index (χ3v) is 3.79. The first-order valence-electron chi connectivity index (χ1n) is 7.19. The van der Waals surface area contributed by atoms with Gasteiger partial charge in [0.25, 0.3) is 0 Å². The molecule has 24 heavy (non-hydrogen) atoms. The minimum absolute atomic E-state index is 0.00147. The van der Waals surface area contributed by atoms with Crippen LogP contribution < -0.4 is 10.5 Å². The molecule has 0 amide bonds. The number of aliphatic imine (C=N–C) groups is 1. The molecule has 0 saturated heterocycles. The Hall–Kier alpha value is -1.81. The topological polar surface area (TPSA) is 87.8 Å². The van der Waals surface area contributed by atoms with Crippen LogP contribution in [0.2, 0.25) is 0 Å². The van der Waals surface area contributed by atoms with E-state index in [1.54, 1.807) is 11.9 Å². The average Bonchev–Trinajstić information content (AvgIpc) is 2.44. The molecule has 6 nitrogen and oxygen atoms in total. The number of nitrogens with two attached hydrogens (primary N) is 1. The Kier molecular flexibility index (Phi) is 7.03. The Balaban J connectivity index is 2.77. The molecule has 1 aromatic carbocycles. The number of guanidine groups is 1. The maximum atomic E-state index is 12.5. The molecule has 0 spiro atoms. The largest absolute Gasteiger partial charge is 0.416 e. The number of halogens is 3. The van der Waals surface area contributed by atoms with Gasteiger partial charge < -0.3 is 10.2 Å². The second-order valence-electron chi connectivity index (χ2n) is 5.15. The molecule has 0 unspecified atom stereocenters. The van der Waals surface area contributed by atoms with Crippen LogP contribution in [0.1, 0.15) is 18.1 Å². The standard InChI is InChI=1S/C14H21F3N4O2S/c1-3-19-13(20-8-9-24(18,22)23)21(2)10-11-4-6-12(7-5-11)14(15,16)17/h4-7H,3,8-10H2,1-2H3,(H,19,20)(H2,18,22,23). The smallest absolute Gasteiger partial charge is 0.357 e. The first kappa shape index (κ1) is 20.2. The van der Waals surface area contributed by atoms with Gasteiger partial charge in [0, 0.05) is 20.1 Å². The van der Waals surface area contributed by atoms with Crippen molar-refractivity contribution >= 4 is 16.0 Å². The summed E-state index contributed by atoms with van der Waals surface area (Å²) in [7, 11) is -1.89. The fourth-order valence-electron chi connectivity index (χ4n) is 1.90. The highest BCUT2D eigenvalue weighted by Crippen LogP contribution is 2.29. The maximum Gasteiger partial charge on any atom is 0.416 e. The minimum Gasteiger partial charge on any atom is -0.357 e. The molecular weight excluding hydrogens is 345 g/mol. The van der Waals surface area contributed by atoms with Gasteiger partial charge in [-0.25, -0.2) is 13.6 Å². The lowest BCUT2D eigenvalue weighted by Crippen LogP contribution is -2.39. The summed E-state index contributed by atoms with van der Waals surface area (Å²) in [5, 5.41) is 7.91. The molecule has 136 valence electrons. The predicted molar refractivity (Wildman–Crippen MR) is 86.9 cm³/mol. The van der Waals surface area contributed by atoms with E-state index in [0.29, 0.717) is 24.6 Å². The van der Waals surface area contributed by atoms with Crippen molar-refractivity contribution in [2.75, 3.05) is 25.9 Å². The Morgan fingerprint density at radius 3 is 2.33 bits per heavy atom. The first-order valence-corrected chi connectivity index (χ1v) is 8.90. The van der Waals surface area contributed by atoms with Crippen LogP contribution >= 0.6 is 0 Å². The molecule has 0 saturated carbocycles. The van der Waals surface area contributed by atoms with E-state index in [0.717, 1.165) is 12.1 Å². The van der Waals surface area contributed by atoms with Gasteiger partial charge in [-0.05, 0) is 24.6 Å². The molecule has 1 rings (SSSR count). The van der Waals surface area contributed by atoms with Gasteiger partial charge in [-0.2, -0.15) is 13.2 Å².